The molecular weight excluding hydrogens is 401 g/mol. The number of carbonyl (C=O) groups is 3. The molecule has 1 atom stereocenters. The normalized spacial score (nSPS) is 18.5. The molecule has 0 saturated carbocycles. The van der Waals surface area contributed by atoms with Gasteiger partial charge in [0.1, 0.15) is 6.04 Å². The Hall–Kier alpha value is -2.17. The van der Waals surface area contributed by atoms with Gasteiger partial charge in [-0.25, -0.2) is 0 Å². The third-order valence-electron chi connectivity index (χ3n) is 4.78. The van der Waals surface area contributed by atoms with Gasteiger partial charge in [-0.05, 0) is 18.2 Å². The average Bonchev–Trinajstić information content (AvgIpc) is 2.85. The molecule has 11 heteroatoms. The van der Waals surface area contributed by atoms with Crippen LogP contribution in [-0.2, 0) is 0 Å². The maximum absolute atomic E-state index is 13.4. The molecule has 0 bridgehead atoms. The minimum Gasteiger partial charge on any atom is -0.350 e. The van der Waals surface area contributed by atoms with Crippen LogP contribution in [0.5, 0.6) is 0 Å². The van der Waals surface area contributed by atoms with Crippen LogP contribution in [0.1, 0.15) is 31.1 Å². The van der Waals surface area contributed by atoms with Crippen LogP contribution in [0.25, 0.3) is 0 Å². The van der Waals surface area contributed by atoms with Crippen LogP contribution in [0.4, 0.5) is 13.2 Å². The average molecular weight is 421 g/mol. The third kappa shape index (κ3) is 4.29. The van der Waals surface area contributed by atoms with E-state index in [4.69, 9.17) is 0 Å². The summed E-state index contributed by atoms with van der Waals surface area (Å²) in [6.07, 6.45) is -4.48. The Labute approximate surface area is 165 Å². The summed E-state index contributed by atoms with van der Waals surface area (Å²) >= 11 is 0. The molecule has 2 N–H and O–H groups in total. The number of benzene rings is 1. The van der Waals surface area contributed by atoms with E-state index in [2.05, 4.69) is 10.6 Å². The lowest BCUT2D eigenvalue weighted by molar-refractivity contribution is -0.183. The molecule has 1 fully saturated rings. The predicted molar refractivity (Wildman–Crippen MR) is 96.7 cm³/mol. The van der Waals surface area contributed by atoms with Gasteiger partial charge in [-0.15, -0.1) is 12.4 Å². The molecule has 1 unspecified atom stereocenters. The number of alkyl halides is 3. The highest BCUT2D eigenvalue weighted by atomic mass is 35.5. The summed E-state index contributed by atoms with van der Waals surface area (Å²) in [6, 6.07) is 2.12. The molecule has 154 valence electrons. The van der Waals surface area contributed by atoms with Gasteiger partial charge in [-0.2, -0.15) is 13.2 Å². The predicted octanol–water partition coefficient (Wildman–Crippen LogP) is 0.900. The Balaban J connectivity index is 0.00000280. The molecule has 2 heterocycles. The molecule has 3 amide bonds. The molecule has 3 rings (SSSR count). The number of hydrogen-bond donors (Lipinski definition) is 2. The zero-order valence-electron chi connectivity index (χ0n) is 15.0. The molecule has 0 radical (unpaired) electrons. The fourth-order valence-electron chi connectivity index (χ4n) is 3.24. The Morgan fingerprint density at radius 3 is 2.39 bits per heavy atom. The van der Waals surface area contributed by atoms with Crippen molar-refractivity contribution in [3.63, 3.8) is 0 Å². The zero-order valence-corrected chi connectivity index (χ0v) is 15.8. The minimum absolute atomic E-state index is 0. The van der Waals surface area contributed by atoms with Gasteiger partial charge in [0, 0.05) is 45.3 Å². The first kappa shape index (κ1) is 22.1. The first-order chi connectivity index (χ1) is 12.7. The minimum atomic E-state index is -4.48. The van der Waals surface area contributed by atoms with Crippen LogP contribution in [0.3, 0.4) is 0 Å². The van der Waals surface area contributed by atoms with Crippen molar-refractivity contribution in [3.05, 3.63) is 34.9 Å². The highest BCUT2D eigenvalue weighted by Gasteiger charge is 2.44. The van der Waals surface area contributed by atoms with E-state index >= 15 is 0 Å². The van der Waals surface area contributed by atoms with E-state index in [-0.39, 0.29) is 42.2 Å². The second-order valence-corrected chi connectivity index (χ2v) is 6.48. The maximum atomic E-state index is 13.4. The van der Waals surface area contributed by atoms with Crippen molar-refractivity contribution in [2.24, 2.45) is 0 Å². The zero-order chi connectivity index (χ0) is 19.8. The summed E-state index contributed by atoms with van der Waals surface area (Å²) in [4.78, 5) is 38.4. The highest BCUT2D eigenvalue weighted by molar-refractivity contribution is 6.21. The van der Waals surface area contributed by atoms with E-state index in [1.165, 1.54) is 30.1 Å². The summed E-state index contributed by atoms with van der Waals surface area (Å²) in [5.41, 5.74) is 0.282. The Morgan fingerprint density at radius 1 is 1.18 bits per heavy atom. The second kappa shape index (κ2) is 8.46. The number of hydrogen-bond acceptors (Lipinski definition) is 5. The van der Waals surface area contributed by atoms with Gasteiger partial charge in [0.25, 0.3) is 17.7 Å². The number of nitrogens with zero attached hydrogens (tertiary/aromatic N) is 2. The first-order valence-corrected chi connectivity index (χ1v) is 8.46. The van der Waals surface area contributed by atoms with Crippen molar-refractivity contribution in [2.45, 2.75) is 12.2 Å². The van der Waals surface area contributed by atoms with Gasteiger partial charge in [0.05, 0.1) is 11.1 Å². The molecule has 1 aromatic carbocycles. The number of fused-ring (bicyclic) bond motifs is 1. The molecule has 2 aliphatic rings. The molecule has 1 aromatic rings. The van der Waals surface area contributed by atoms with Crippen LogP contribution in [-0.4, -0.2) is 79.5 Å². The largest absolute Gasteiger partial charge is 0.405 e. The fraction of sp³-hybridized carbons (Fsp3) is 0.471. The van der Waals surface area contributed by atoms with Crippen molar-refractivity contribution in [1.82, 2.24) is 20.4 Å². The number of carbonyl (C=O) groups excluding carboxylic acids is 3. The van der Waals surface area contributed by atoms with E-state index in [1.807, 2.05) is 0 Å². The van der Waals surface area contributed by atoms with Crippen LogP contribution in [0.15, 0.2) is 18.2 Å². The topological polar surface area (TPSA) is 81.8 Å². The van der Waals surface area contributed by atoms with Crippen molar-refractivity contribution in [2.75, 3.05) is 39.8 Å². The van der Waals surface area contributed by atoms with Crippen LogP contribution in [0.2, 0.25) is 0 Å². The molecule has 28 heavy (non-hydrogen) atoms. The molecule has 0 spiro atoms. The summed E-state index contributed by atoms with van der Waals surface area (Å²) < 4.78 is 40.1. The van der Waals surface area contributed by atoms with Crippen molar-refractivity contribution in [3.8, 4) is 0 Å². The molecule has 0 aromatic heterocycles. The van der Waals surface area contributed by atoms with E-state index in [1.54, 1.807) is 0 Å². The first-order valence-electron chi connectivity index (χ1n) is 8.46. The summed E-state index contributed by atoms with van der Waals surface area (Å²) in [7, 11) is 1.33. The number of piperazine rings is 1. The SMILES string of the molecule is CN1C(=O)c2ccc(C(=O)NCC(N3CCNCC3)C(F)(F)F)cc2C1=O.Cl. The smallest absolute Gasteiger partial charge is 0.350 e. The summed E-state index contributed by atoms with van der Waals surface area (Å²) in [5, 5.41) is 5.29. The number of halogens is 4. The van der Waals surface area contributed by atoms with Crippen molar-refractivity contribution < 1.29 is 27.6 Å². The van der Waals surface area contributed by atoms with E-state index in [0.717, 1.165) is 4.90 Å². The monoisotopic (exact) mass is 420 g/mol. The second-order valence-electron chi connectivity index (χ2n) is 6.48. The molecule has 2 aliphatic heterocycles. The van der Waals surface area contributed by atoms with Crippen LogP contribution in [0, 0.1) is 0 Å². The van der Waals surface area contributed by atoms with Crippen LogP contribution >= 0.6 is 12.4 Å². The van der Waals surface area contributed by atoms with Gasteiger partial charge < -0.3 is 10.6 Å². The van der Waals surface area contributed by atoms with Gasteiger partial charge >= 0.3 is 6.18 Å². The standard InChI is InChI=1S/C17H19F3N4O3.ClH/c1-23-15(26)11-3-2-10(8-12(11)16(23)27)14(25)22-9-13(17(18,19)20)24-6-4-21-5-7-24;/h2-3,8,13,21H,4-7,9H2,1H3,(H,22,25);1H. The van der Waals surface area contributed by atoms with Gasteiger partial charge in [0.15, 0.2) is 0 Å². The maximum Gasteiger partial charge on any atom is 0.405 e. The molecular formula is C17H20ClF3N4O3. The van der Waals surface area contributed by atoms with Gasteiger partial charge in [-0.3, -0.25) is 24.2 Å². The lowest BCUT2D eigenvalue weighted by Gasteiger charge is -2.35. The molecule has 0 aliphatic carbocycles. The Bertz CT molecular complexity index is 781. The fourth-order valence-corrected chi connectivity index (χ4v) is 3.24. The Morgan fingerprint density at radius 2 is 1.79 bits per heavy atom. The van der Waals surface area contributed by atoms with Crippen molar-refractivity contribution in [1.29, 1.82) is 0 Å². The number of rotatable bonds is 4. The van der Waals surface area contributed by atoms with E-state index in [9.17, 15) is 27.6 Å². The van der Waals surface area contributed by atoms with E-state index in [0.29, 0.717) is 13.1 Å². The van der Waals surface area contributed by atoms with Gasteiger partial charge in [0.2, 0.25) is 0 Å². The highest BCUT2D eigenvalue weighted by Crippen LogP contribution is 2.25. The third-order valence-corrected chi connectivity index (χ3v) is 4.78. The number of amides is 3. The van der Waals surface area contributed by atoms with Crippen molar-refractivity contribution >= 4 is 30.1 Å². The number of nitrogens with one attached hydrogen (secondary N) is 2. The quantitative estimate of drug-likeness (QED) is 0.707. The van der Waals surface area contributed by atoms with Crippen LogP contribution < -0.4 is 10.6 Å². The summed E-state index contributed by atoms with van der Waals surface area (Å²) in [6.45, 7) is 0.792. The Kier molecular flexibility index (Phi) is 6.68. The van der Waals surface area contributed by atoms with E-state index < -0.39 is 36.5 Å². The lowest BCUT2D eigenvalue weighted by Crippen LogP contribution is -2.57. The summed E-state index contributed by atoms with van der Waals surface area (Å²) in [5.74, 6) is -1.74. The lowest BCUT2D eigenvalue weighted by atomic mass is 10.1. The molecule has 1 saturated heterocycles. The molecule has 7 nitrogen and oxygen atoms in total. The van der Waals surface area contributed by atoms with Gasteiger partial charge in [-0.1, -0.05) is 0 Å². The number of imide groups is 1.